The first-order valence-electron chi connectivity index (χ1n) is 8.54. The van der Waals surface area contributed by atoms with Crippen molar-refractivity contribution < 1.29 is 13.9 Å². The van der Waals surface area contributed by atoms with E-state index in [0.29, 0.717) is 5.75 Å². The maximum absolute atomic E-state index is 11.8. The minimum Gasteiger partial charge on any atom is -0.483 e. The number of carbonyl (C=O) groups excluding carboxylic acids is 1. The fraction of sp³-hybridized carbons (Fsp3) is 0.333. The lowest BCUT2D eigenvalue weighted by Crippen LogP contribution is -2.24. The van der Waals surface area contributed by atoms with Crippen molar-refractivity contribution in [1.29, 1.82) is 0 Å². The topological polar surface area (TPSA) is 63.8 Å². The predicted molar refractivity (Wildman–Crippen MR) is 104 cm³/mol. The Morgan fingerprint density at radius 2 is 2.00 bits per heavy atom. The number of allylic oxidation sites excluding steroid dienone is 1. The number of aryl methyl sites for hydroxylation is 2. The van der Waals surface area contributed by atoms with Gasteiger partial charge in [0.1, 0.15) is 17.3 Å². The van der Waals surface area contributed by atoms with E-state index in [4.69, 9.17) is 9.15 Å². The molecule has 0 saturated heterocycles. The predicted octanol–water partition coefficient (Wildman–Crippen LogP) is 4.39. The van der Waals surface area contributed by atoms with Crippen LogP contribution in [-0.4, -0.2) is 18.7 Å². The summed E-state index contributed by atoms with van der Waals surface area (Å²) in [7, 11) is 0. The average molecular weight is 354 g/mol. The van der Waals surface area contributed by atoms with Crippen LogP contribution in [0.3, 0.4) is 0 Å². The van der Waals surface area contributed by atoms with Gasteiger partial charge in [0.25, 0.3) is 5.91 Å². The molecule has 2 rings (SSSR count). The molecule has 0 saturated carbocycles. The molecule has 0 spiro atoms. The molecule has 5 nitrogen and oxygen atoms in total. The van der Waals surface area contributed by atoms with Crippen molar-refractivity contribution in [3.05, 3.63) is 59.1 Å². The molecule has 1 heterocycles. The fourth-order valence-corrected chi connectivity index (χ4v) is 2.29. The van der Waals surface area contributed by atoms with E-state index in [2.05, 4.69) is 37.4 Å². The number of nitrogens with one attached hydrogen (secondary N) is 1. The Balaban J connectivity index is 1.80. The zero-order chi connectivity index (χ0) is 19.2. The van der Waals surface area contributed by atoms with E-state index >= 15 is 0 Å². The van der Waals surface area contributed by atoms with Crippen molar-refractivity contribution in [3.63, 3.8) is 0 Å². The maximum Gasteiger partial charge on any atom is 0.277 e. The molecule has 1 aromatic carbocycles. The Hall–Kier alpha value is -2.82. The van der Waals surface area contributed by atoms with Gasteiger partial charge in [0.2, 0.25) is 0 Å². The van der Waals surface area contributed by atoms with Crippen LogP contribution < -0.4 is 10.2 Å². The molecule has 0 fully saturated rings. The Morgan fingerprint density at radius 1 is 1.23 bits per heavy atom. The van der Waals surface area contributed by atoms with Gasteiger partial charge in [0.15, 0.2) is 6.61 Å². The maximum atomic E-state index is 11.8. The molecule has 1 amide bonds. The lowest BCUT2D eigenvalue weighted by atomic mass is 9.86. The van der Waals surface area contributed by atoms with Gasteiger partial charge in [-0.15, -0.1) is 0 Å². The molecule has 0 bridgehead atoms. The van der Waals surface area contributed by atoms with Crippen LogP contribution in [0.5, 0.6) is 5.75 Å². The van der Waals surface area contributed by atoms with Crippen LogP contribution in [0.15, 0.2) is 45.9 Å². The van der Waals surface area contributed by atoms with E-state index in [9.17, 15) is 4.79 Å². The molecule has 0 aliphatic carbocycles. The van der Waals surface area contributed by atoms with Gasteiger partial charge in [-0.05, 0) is 60.7 Å². The summed E-state index contributed by atoms with van der Waals surface area (Å²) < 4.78 is 11.0. The van der Waals surface area contributed by atoms with Crippen molar-refractivity contribution in [3.8, 4) is 5.75 Å². The van der Waals surface area contributed by atoms with Gasteiger partial charge in [0, 0.05) is 6.21 Å². The van der Waals surface area contributed by atoms with E-state index in [1.165, 1.54) is 11.8 Å². The highest BCUT2D eigenvalue weighted by atomic mass is 16.5. The summed E-state index contributed by atoms with van der Waals surface area (Å²) in [6.07, 6.45) is 4.94. The normalized spacial score (nSPS) is 12.0. The third-order valence-corrected chi connectivity index (χ3v) is 3.77. The van der Waals surface area contributed by atoms with Crippen molar-refractivity contribution in [2.45, 2.75) is 40.0 Å². The van der Waals surface area contributed by atoms with E-state index in [0.717, 1.165) is 17.1 Å². The highest BCUT2D eigenvalue weighted by Crippen LogP contribution is 2.27. The van der Waals surface area contributed by atoms with Gasteiger partial charge >= 0.3 is 0 Å². The largest absolute Gasteiger partial charge is 0.483 e. The molecule has 0 atom stereocenters. The number of furan rings is 1. The van der Waals surface area contributed by atoms with E-state index < -0.39 is 0 Å². The molecule has 0 radical (unpaired) electrons. The molecule has 138 valence electrons. The summed E-state index contributed by atoms with van der Waals surface area (Å²) in [6, 6.07) is 9.76. The molecule has 5 heteroatoms. The molecule has 0 aliphatic rings. The molecule has 1 aromatic heterocycles. The van der Waals surface area contributed by atoms with E-state index in [-0.39, 0.29) is 17.9 Å². The lowest BCUT2D eigenvalue weighted by molar-refractivity contribution is -0.123. The van der Waals surface area contributed by atoms with E-state index in [1.54, 1.807) is 12.2 Å². The van der Waals surface area contributed by atoms with Crippen LogP contribution in [0.4, 0.5) is 0 Å². The summed E-state index contributed by atoms with van der Waals surface area (Å²) in [4.78, 5) is 11.8. The molecule has 0 aliphatic heterocycles. The number of hydrazone groups is 1. The van der Waals surface area contributed by atoms with Crippen LogP contribution in [0.1, 0.15) is 43.4 Å². The number of hydrogen-bond acceptors (Lipinski definition) is 4. The molecular formula is C21H26N2O3. The Bertz CT molecular complexity index is 811. The zero-order valence-electron chi connectivity index (χ0n) is 16.0. The molecule has 0 unspecified atom stereocenters. The second kappa shape index (κ2) is 8.52. The number of rotatable bonds is 6. The van der Waals surface area contributed by atoms with Crippen molar-refractivity contribution in [2.75, 3.05) is 6.61 Å². The average Bonchev–Trinajstić information content (AvgIpc) is 2.98. The number of benzene rings is 1. The lowest BCUT2D eigenvalue weighted by Gasteiger charge is -2.20. The summed E-state index contributed by atoms with van der Waals surface area (Å²) >= 11 is 0. The second-order valence-corrected chi connectivity index (χ2v) is 7.14. The van der Waals surface area contributed by atoms with Crippen LogP contribution >= 0.6 is 0 Å². The number of hydrogen-bond donors (Lipinski definition) is 1. The first-order chi connectivity index (χ1) is 12.3. The zero-order valence-corrected chi connectivity index (χ0v) is 16.0. The standard InChI is InChI=1S/C21H26N2O3/c1-15-13-17(21(3,4)5)9-11-19(15)25-14-20(24)23-22-12-6-7-18-10-8-16(2)26-18/h6-13H,14H2,1-5H3,(H,23,24)/b7-6+,22-12-. The summed E-state index contributed by atoms with van der Waals surface area (Å²) in [5, 5.41) is 3.84. The molecular weight excluding hydrogens is 328 g/mol. The Labute approximate surface area is 154 Å². The van der Waals surface area contributed by atoms with Gasteiger partial charge in [-0.1, -0.05) is 32.9 Å². The third kappa shape index (κ3) is 5.92. The molecule has 1 N–H and O–H groups in total. The van der Waals surface area contributed by atoms with Crippen LogP contribution in [0.25, 0.3) is 6.08 Å². The van der Waals surface area contributed by atoms with Crippen molar-refractivity contribution >= 4 is 18.2 Å². The smallest absolute Gasteiger partial charge is 0.277 e. The van der Waals surface area contributed by atoms with Crippen molar-refractivity contribution in [2.24, 2.45) is 5.10 Å². The van der Waals surface area contributed by atoms with Crippen molar-refractivity contribution in [1.82, 2.24) is 5.43 Å². The minimum atomic E-state index is -0.317. The SMILES string of the molecule is Cc1ccc(/C=C/C=N\NC(=O)COc2ccc(C(C)(C)C)cc2C)o1. The summed E-state index contributed by atoms with van der Waals surface area (Å²) in [5.41, 5.74) is 4.74. The number of ether oxygens (including phenoxy) is 1. The Kier molecular flexibility index (Phi) is 6.39. The molecule has 26 heavy (non-hydrogen) atoms. The highest BCUT2D eigenvalue weighted by molar-refractivity contribution is 5.81. The van der Waals surface area contributed by atoms with Gasteiger partial charge in [-0.25, -0.2) is 5.43 Å². The monoisotopic (exact) mass is 354 g/mol. The molecule has 2 aromatic rings. The number of amides is 1. The number of carbonyl (C=O) groups is 1. The van der Waals surface area contributed by atoms with E-state index in [1.807, 2.05) is 38.1 Å². The van der Waals surface area contributed by atoms with Crippen LogP contribution in [0, 0.1) is 13.8 Å². The van der Waals surface area contributed by atoms with Gasteiger partial charge in [0.05, 0.1) is 0 Å². The minimum absolute atomic E-state index is 0.0806. The first-order valence-corrected chi connectivity index (χ1v) is 8.54. The summed E-state index contributed by atoms with van der Waals surface area (Å²) in [6.45, 7) is 10.2. The fourth-order valence-electron chi connectivity index (χ4n) is 2.29. The quantitative estimate of drug-likeness (QED) is 0.618. The Morgan fingerprint density at radius 3 is 2.62 bits per heavy atom. The van der Waals surface area contributed by atoms with Gasteiger partial charge in [-0.3, -0.25) is 4.79 Å². The third-order valence-electron chi connectivity index (χ3n) is 3.77. The van der Waals surface area contributed by atoms with Crippen LogP contribution in [0.2, 0.25) is 0 Å². The van der Waals surface area contributed by atoms with Gasteiger partial charge < -0.3 is 9.15 Å². The number of nitrogens with zero attached hydrogens (tertiary/aromatic N) is 1. The second-order valence-electron chi connectivity index (χ2n) is 7.14. The highest BCUT2D eigenvalue weighted by Gasteiger charge is 2.15. The van der Waals surface area contributed by atoms with Crippen LogP contribution in [-0.2, 0) is 10.2 Å². The summed E-state index contributed by atoms with van der Waals surface area (Å²) in [5.74, 6) is 1.96. The van der Waals surface area contributed by atoms with Gasteiger partial charge in [-0.2, -0.15) is 5.10 Å². The first kappa shape index (κ1) is 19.5.